The second-order valence-electron chi connectivity index (χ2n) is 4.71. The predicted octanol–water partition coefficient (Wildman–Crippen LogP) is 4.24. The zero-order valence-corrected chi connectivity index (χ0v) is 12.9. The van der Waals surface area contributed by atoms with Crippen molar-refractivity contribution in [1.82, 2.24) is 5.32 Å². The lowest BCUT2D eigenvalue weighted by molar-refractivity contribution is -0.118. The second kappa shape index (κ2) is 5.92. The van der Waals surface area contributed by atoms with Crippen molar-refractivity contribution >= 4 is 40.1 Å². The summed E-state index contributed by atoms with van der Waals surface area (Å²) in [4.78, 5) is 16.6. The van der Waals surface area contributed by atoms with E-state index in [4.69, 9.17) is 11.6 Å². The smallest absolute Gasteiger partial charge is 0.244 e. The third kappa shape index (κ3) is 2.96. The lowest BCUT2D eigenvalue weighted by Crippen LogP contribution is -2.21. The number of rotatable bonds is 2. The standard InChI is InChI=1S/C16H13ClN2OS/c1-10-6-2-3-7-11(10)14-15(20)19-16(21-14)18-13-9-5-4-8-12(13)17/h2-9,14H,1H3,(H,18,19,20)/t14-/m0/s1. The number of thioether (sulfide) groups is 1. The summed E-state index contributed by atoms with van der Waals surface area (Å²) in [5.74, 6) is -0.0416. The van der Waals surface area contributed by atoms with Gasteiger partial charge in [-0.25, -0.2) is 4.99 Å². The molecule has 2 aromatic rings. The van der Waals surface area contributed by atoms with Crippen LogP contribution in [-0.2, 0) is 4.79 Å². The van der Waals surface area contributed by atoms with E-state index in [0.717, 1.165) is 11.1 Å². The Morgan fingerprint density at radius 2 is 1.86 bits per heavy atom. The number of aliphatic imine (C=N–C) groups is 1. The van der Waals surface area contributed by atoms with Gasteiger partial charge in [0.2, 0.25) is 5.91 Å². The Bertz CT molecular complexity index is 730. The van der Waals surface area contributed by atoms with Gasteiger partial charge >= 0.3 is 0 Å². The number of nitrogens with one attached hydrogen (secondary N) is 1. The Morgan fingerprint density at radius 1 is 1.14 bits per heavy atom. The predicted molar refractivity (Wildman–Crippen MR) is 88.2 cm³/mol. The number of hydrogen-bond donors (Lipinski definition) is 1. The van der Waals surface area contributed by atoms with Gasteiger partial charge in [0.1, 0.15) is 5.25 Å². The van der Waals surface area contributed by atoms with Crippen LogP contribution in [0.25, 0.3) is 0 Å². The van der Waals surface area contributed by atoms with Gasteiger partial charge in [-0.1, -0.05) is 59.8 Å². The fraction of sp³-hybridized carbons (Fsp3) is 0.125. The number of nitrogens with zero attached hydrogens (tertiary/aromatic N) is 1. The minimum absolute atomic E-state index is 0.0416. The number of para-hydroxylation sites is 1. The van der Waals surface area contributed by atoms with Crippen LogP contribution < -0.4 is 5.32 Å². The first kappa shape index (κ1) is 14.2. The van der Waals surface area contributed by atoms with Crippen molar-refractivity contribution in [3.05, 3.63) is 64.7 Å². The van der Waals surface area contributed by atoms with E-state index in [1.807, 2.05) is 49.4 Å². The molecular formula is C16H13ClN2OS. The van der Waals surface area contributed by atoms with Crippen LogP contribution in [0, 0.1) is 6.92 Å². The van der Waals surface area contributed by atoms with Gasteiger partial charge < -0.3 is 5.32 Å². The summed E-state index contributed by atoms with van der Waals surface area (Å²) in [7, 11) is 0. The molecule has 2 aromatic carbocycles. The van der Waals surface area contributed by atoms with Crippen molar-refractivity contribution in [1.29, 1.82) is 0 Å². The summed E-state index contributed by atoms with van der Waals surface area (Å²) in [6.45, 7) is 2.01. The molecule has 1 aliphatic rings. The highest BCUT2D eigenvalue weighted by atomic mass is 35.5. The lowest BCUT2D eigenvalue weighted by Gasteiger charge is -2.08. The lowest BCUT2D eigenvalue weighted by atomic mass is 10.1. The molecule has 0 aromatic heterocycles. The first-order valence-electron chi connectivity index (χ1n) is 6.51. The number of carbonyl (C=O) groups is 1. The van der Waals surface area contributed by atoms with Gasteiger partial charge in [0, 0.05) is 0 Å². The van der Waals surface area contributed by atoms with Crippen LogP contribution in [-0.4, -0.2) is 11.1 Å². The Labute approximate surface area is 132 Å². The van der Waals surface area contributed by atoms with Crippen molar-refractivity contribution < 1.29 is 4.79 Å². The van der Waals surface area contributed by atoms with Gasteiger partial charge in [0.25, 0.3) is 0 Å². The molecule has 0 bridgehead atoms. The number of aryl methyl sites for hydroxylation is 1. The topological polar surface area (TPSA) is 41.5 Å². The summed E-state index contributed by atoms with van der Waals surface area (Å²) in [5, 5.41) is 3.72. The number of amidine groups is 1. The van der Waals surface area contributed by atoms with E-state index in [1.165, 1.54) is 11.8 Å². The zero-order chi connectivity index (χ0) is 14.8. The summed E-state index contributed by atoms with van der Waals surface area (Å²) in [5.41, 5.74) is 2.78. The SMILES string of the molecule is Cc1ccccc1[C@@H]1SC(=Nc2ccccc2Cl)NC1=O. The normalized spacial score (nSPS) is 19.8. The summed E-state index contributed by atoms with van der Waals surface area (Å²) < 4.78 is 0. The van der Waals surface area contributed by atoms with Gasteiger partial charge in [-0.05, 0) is 30.2 Å². The quantitative estimate of drug-likeness (QED) is 0.900. The molecule has 5 heteroatoms. The molecular weight excluding hydrogens is 304 g/mol. The number of halogens is 1. The van der Waals surface area contributed by atoms with Gasteiger partial charge in [0.15, 0.2) is 5.17 Å². The number of amides is 1. The Morgan fingerprint density at radius 3 is 2.62 bits per heavy atom. The van der Waals surface area contributed by atoms with Crippen molar-refractivity contribution in [2.24, 2.45) is 4.99 Å². The van der Waals surface area contributed by atoms with E-state index in [2.05, 4.69) is 10.3 Å². The largest absolute Gasteiger partial charge is 0.304 e. The summed E-state index contributed by atoms with van der Waals surface area (Å²) in [6, 6.07) is 15.2. The van der Waals surface area contributed by atoms with Gasteiger partial charge in [-0.2, -0.15) is 0 Å². The molecule has 0 radical (unpaired) electrons. The van der Waals surface area contributed by atoms with Gasteiger partial charge in [-0.15, -0.1) is 0 Å². The van der Waals surface area contributed by atoms with E-state index >= 15 is 0 Å². The Balaban J connectivity index is 1.89. The average Bonchev–Trinajstić information content (AvgIpc) is 2.83. The number of carbonyl (C=O) groups excluding carboxylic acids is 1. The van der Waals surface area contributed by atoms with Crippen LogP contribution >= 0.6 is 23.4 Å². The number of hydrogen-bond acceptors (Lipinski definition) is 3. The molecule has 21 heavy (non-hydrogen) atoms. The second-order valence-corrected chi connectivity index (χ2v) is 6.21. The minimum atomic E-state index is -0.257. The molecule has 3 nitrogen and oxygen atoms in total. The third-order valence-electron chi connectivity index (χ3n) is 3.24. The molecule has 0 saturated carbocycles. The van der Waals surface area contributed by atoms with Crippen LogP contribution in [0.5, 0.6) is 0 Å². The minimum Gasteiger partial charge on any atom is -0.304 e. The fourth-order valence-electron chi connectivity index (χ4n) is 2.16. The molecule has 1 atom stereocenters. The Hall–Kier alpha value is -1.78. The van der Waals surface area contributed by atoms with E-state index in [0.29, 0.717) is 15.9 Å². The average molecular weight is 317 g/mol. The molecule has 1 aliphatic heterocycles. The summed E-state index contributed by atoms with van der Waals surface area (Å²) >= 11 is 7.51. The Kier molecular flexibility index (Phi) is 3.99. The van der Waals surface area contributed by atoms with Crippen molar-refractivity contribution in [3.8, 4) is 0 Å². The van der Waals surface area contributed by atoms with E-state index in [1.54, 1.807) is 6.07 Å². The van der Waals surface area contributed by atoms with E-state index in [9.17, 15) is 4.79 Å². The third-order valence-corrected chi connectivity index (χ3v) is 4.68. The highest BCUT2D eigenvalue weighted by molar-refractivity contribution is 8.15. The van der Waals surface area contributed by atoms with Gasteiger partial charge in [0.05, 0.1) is 10.7 Å². The molecule has 1 fully saturated rings. The zero-order valence-electron chi connectivity index (χ0n) is 11.3. The van der Waals surface area contributed by atoms with Crippen LogP contribution in [0.3, 0.4) is 0 Å². The van der Waals surface area contributed by atoms with Crippen LogP contribution in [0.1, 0.15) is 16.4 Å². The maximum atomic E-state index is 12.2. The van der Waals surface area contributed by atoms with Crippen LogP contribution in [0.4, 0.5) is 5.69 Å². The fourth-order valence-corrected chi connectivity index (χ4v) is 3.43. The van der Waals surface area contributed by atoms with Gasteiger partial charge in [-0.3, -0.25) is 4.79 Å². The van der Waals surface area contributed by atoms with E-state index < -0.39 is 0 Å². The van der Waals surface area contributed by atoms with Crippen molar-refractivity contribution in [3.63, 3.8) is 0 Å². The molecule has 0 aliphatic carbocycles. The van der Waals surface area contributed by atoms with E-state index in [-0.39, 0.29) is 11.2 Å². The molecule has 1 saturated heterocycles. The number of benzene rings is 2. The molecule has 0 unspecified atom stereocenters. The van der Waals surface area contributed by atoms with Crippen LogP contribution in [0.2, 0.25) is 5.02 Å². The maximum absolute atomic E-state index is 12.2. The summed E-state index contributed by atoms with van der Waals surface area (Å²) in [6.07, 6.45) is 0. The first-order chi connectivity index (χ1) is 10.1. The van der Waals surface area contributed by atoms with Crippen LogP contribution in [0.15, 0.2) is 53.5 Å². The molecule has 106 valence electrons. The molecule has 1 N–H and O–H groups in total. The monoisotopic (exact) mass is 316 g/mol. The molecule has 3 rings (SSSR count). The molecule has 0 spiro atoms. The highest BCUT2D eigenvalue weighted by Crippen LogP contribution is 2.37. The first-order valence-corrected chi connectivity index (χ1v) is 7.77. The maximum Gasteiger partial charge on any atom is 0.244 e. The molecule has 1 heterocycles. The highest BCUT2D eigenvalue weighted by Gasteiger charge is 2.32. The molecule has 1 amide bonds. The van der Waals surface area contributed by atoms with Crippen molar-refractivity contribution in [2.45, 2.75) is 12.2 Å². The van der Waals surface area contributed by atoms with Crippen molar-refractivity contribution in [2.75, 3.05) is 0 Å².